The Morgan fingerprint density at radius 3 is 2.48 bits per heavy atom. The number of rotatable bonds is 11. The molecule has 0 aromatic rings. The standard InChI is InChI=1S/C12H24N4O5/c1-16(2)6-8-21-7-5-14-12(20)15-9(11(18)19)3-4-10(13)17/h9H,3-8H2,1-2H3,(H2,13,17)(H,18,19)(H2,14,15,20)/t9-/m0/s1. The molecular formula is C12H24N4O5. The Morgan fingerprint density at radius 2 is 1.95 bits per heavy atom. The van der Waals surface area contributed by atoms with Crippen molar-refractivity contribution in [1.29, 1.82) is 0 Å². The van der Waals surface area contributed by atoms with Gasteiger partial charge in [-0.25, -0.2) is 9.59 Å². The fourth-order valence-corrected chi connectivity index (χ4v) is 1.34. The van der Waals surface area contributed by atoms with Gasteiger partial charge in [0.25, 0.3) is 0 Å². The van der Waals surface area contributed by atoms with Gasteiger partial charge in [-0.05, 0) is 20.5 Å². The minimum absolute atomic E-state index is 0.0442. The summed E-state index contributed by atoms with van der Waals surface area (Å²) in [7, 11) is 3.85. The van der Waals surface area contributed by atoms with E-state index in [1.54, 1.807) is 0 Å². The second-order valence-corrected chi connectivity index (χ2v) is 4.71. The van der Waals surface area contributed by atoms with Gasteiger partial charge >= 0.3 is 12.0 Å². The number of hydrogen-bond acceptors (Lipinski definition) is 5. The van der Waals surface area contributed by atoms with Crippen LogP contribution in [0.25, 0.3) is 0 Å². The molecule has 0 rings (SSSR count). The molecule has 9 heteroatoms. The number of nitrogens with one attached hydrogen (secondary N) is 2. The number of likely N-dealkylation sites (N-methyl/N-ethyl adjacent to an activating group) is 1. The predicted molar refractivity (Wildman–Crippen MR) is 75.8 cm³/mol. The highest BCUT2D eigenvalue weighted by molar-refractivity contribution is 5.83. The van der Waals surface area contributed by atoms with Crippen LogP contribution in [0.4, 0.5) is 4.79 Å². The lowest BCUT2D eigenvalue weighted by Gasteiger charge is -2.14. The molecule has 0 aliphatic heterocycles. The Hall–Kier alpha value is -1.87. The van der Waals surface area contributed by atoms with E-state index in [9.17, 15) is 14.4 Å². The highest BCUT2D eigenvalue weighted by Gasteiger charge is 2.20. The number of ether oxygens (including phenoxy) is 1. The maximum absolute atomic E-state index is 11.5. The molecular weight excluding hydrogens is 280 g/mol. The van der Waals surface area contributed by atoms with Crippen LogP contribution >= 0.6 is 0 Å². The van der Waals surface area contributed by atoms with Crippen molar-refractivity contribution in [3.8, 4) is 0 Å². The van der Waals surface area contributed by atoms with E-state index in [1.165, 1.54) is 0 Å². The molecule has 3 amide bonds. The van der Waals surface area contributed by atoms with Crippen LogP contribution in [0.15, 0.2) is 0 Å². The van der Waals surface area contributed by atoms with E-state index in [0.29, 0.717) is 13.2 Å². The van der Waals surface area contributed by atoms with Crippen molar-refractivity contribution in [1.82, 2.24) is 15.5 Å². The zero-order valence-electron chi connectivity index (χ0n) is 12.4. The number of carboxylic acid groups (broad SMARTS) is 1. The summed E-state index contributed by atoms with van der Waals surface area (Å²) in [5.74, 6) is -1.83. The first-order valence-corrected chi connectivity index (χ1v) is 6.61. The number of carbonyl (C=O) groups excluding carboxylic acids is 2. The van der Waals surface area contributed by atoms with Crippen LogP contribution in [-0.4, -0.2) is 74.4 Å². The lowest BCUT2D eigenvalue weighted by molar-refractivity contribution is -0.139. The van der Waals surface area contributed by atoms with Crippen molar-refractivity contribution in [3.05, 3.63) is 0 Å². The molecule has 1 atom stereocenters. The van der Waals surface area contributed by atoms with Gasteiger partial charge in [-0.3, -0.25) is 4.79 Å². The first-order chi connectivity index (χ1) is 9.82. The molecule has 0 radical (unpaired) electrons. The quantitative estimate of drug-likeness (QED) is 0.346. The lowest BCUT2D eigenvalue weighted by atomic mass is 10.1. The third-order valence-electron chi connectivity index (χ3n) is 2.50. The van der Waals surface area contributed by atoms with Gasteiger partial charge in [0.15, 0.2) is 0 Å². The van der Waals surface area contributed by atoms with Crippen molar-refractivity contribution in [2.24, 2.45) is 5.73 Å². The first kappa shape index (κ1) is 19.1. The van der Waals surface area contributed by atoms with E-state index >= 15 is 0 Å². The Labute approximate surface area is 123 Å². The number of carboxylic acids is 1. The fourth-order valence-electron chi connectivity index (χ4n) is 1.34. The second-order valence-electron chi connectivity index (χ2n) is 4.71. The number of hydrogen-bond donors (Lipinski definition) is 4. The van der Waals surface area contributed by atoms with Crippen molar-refractivity contribution in [3.63, 3.8) is 0 Å². The highest BCUT2D eigenvalue weighted by atomic mass is 16.5. The van der Waals surface area contributed by atoms with Crippen LogP contribution in [0.2, 0.25) is 0 Å². The van der Waals surface area contributed by atoms with Crippen molar-refractivity contribution >= 4 is 17.9 Å². The fraction of sp³-hybridized carbons (Fsp3) is 0.750. The lowest BCUT2D eigenvalue weighted by Crippen LogP contribution is -2.47. The monoisotopic (exact) mass is 304 g/mol. The van der Waals surface area contributed by atoms with Crippen LogP contribution < -0.4 is 16.4 Å². The van der Waals surface area contributed by atoms with Gasteiger partial charge in [-0.15, -0.1) is 0 Å². The Kier molecular flexibility index (Phi) is 9.90. The largest absolute Gasteiger partial charge is 0.480 e. The van der Waals surface area contributed by atoms with Crippen LogP contribution in [0.3, 0.4) is 0 Å². The molecule has 0 saturated carbocycles. The molecule has 122 valence electrons. The van der Waals surface area contributed by atoms with Gasteiger partial charge in [0.05, 0.1) is 13.2 Å². The Morgan fingerprint density at radius 1 is 1.29 bits per heavy atom. The van der Waals surface area contributed by atoms with E-state index in [1.807, 2.05) is 19.0 Å². The van der Waals surface area contributed by atoms with Gasteiger partial charge in [-0.1, -0.05) is 0 Å². The first-order valence-electron chi connectivity index (χ1n) is 6.61. The minimum atomic E-state index is -1.21. The summed E-state index contributed by atoms with van der Waals surface area (Å²) in [5.41, 5.74) is 4.94. The predicted octanol–water partition coefficient (Wildman–Crippen LogP) is -1.42. The average Bonchev–Trinajstić information content (AvgIpc) is 2.37. The molecule has 0 unspecified atom stereocenters. The van der Waals surface area contributed by atoms with E-state index in [0.717, 1.165) is 6.54 Å². The third kappa shape index (κ3) is 11.6. The van der Waals surface area contributed by atoms with Crippen molar-refractivity contribution < 1.29 is 24.2 Å². The zero-order valence-corrected chi connectivity index (χ0v) is 12.4. The highest BCUT2D eigenvalue weighted by Crippen LogP contribution is 1.97. The number of nitrogens with zero attached hydrogens (tertiary/aromatic N) is 1. The molecule has 0 fully saturated rings. The molecule has 0 aliphatic carbocycles. The molecule has 0 bridgehead atoms. The zero-order chi connectivity index (χ0) is 16.3. The van der Waals surface area contributed by atoms with Crippen LogP contribution in [0.5, 0.6) is 0 Å². The van der Waals surface area contributed by atoms with Crippen molar-refractivity contribution in [2.75, 3.05) is 40.4 Å². The molecule has 0 spiro atoms. The summed E-state index contributed by atoms with van der Waals surface area (Å²) in [6.07, 6.45) is -0.150. The number of aliphatic carboxylic acids is 1. The van der Waals surface area contributed by atoms with Gasteiger partial charge in [0.1, 0.15) is 6.04 Å². The van der Waals surface area contributed by atoms with E-state index in [-0.39, 0.29) is 19.4 Å². The topological polar surface area (TPSA) is 134 Å². The SMILES string of the molecule is CN(C)CCOCCNC(=O)N[C@@H](CCC(N)=O)C(=O)O. The molecule has 21 heavy (non-hydrogen) atoms. The summed E-state index contributed by atoms with van der Waals surface area (Å²) in [6.45, 7) is 1.93. The van der Waals surface area contributed by atoms with Crippen LogP contribution in [0, 0.1) is 0 Å². The number of nitrogens with two attached hydrogens (primary N) is 1. The summed E-state index contributed by atoms with van der Waals surface area (Å²) in [4.78, 5) is 35.0. The molecule has 5 N–H and O–H groups in total. The number of urea groups is 1. The summed E-state index contributed by atoms with van der Waals surface area (Å²) < 4.78 is 5.26. The maximum atomic E-state index is 11.5. The van der Waals surface area contributed by atoms with Crippen LogP contribution in [-0.2, 0) is 14.3 Å². The van der Waals surface area contributed by atoms with E-state index in [4.69, 9.17) is 15.6 Å². The molecule has 0 saturated heterocycles. The maximum Gasteiger partial charge on any atom is 0.326 e. The minimum Gasteiger partial charge on any atom is -0.480 e. The number of amides is 3. The molecule has 0 aromatic heterocycles. The summed E-state index contributed by atoms with van der Waals surface area (Å²) in [6, 6.07) is -1.77. The average molecular weight is 304 g/mol. The Balaban J connectivity index is 3.83. The second kappa shape index (κ2) is 10.9. The molecule has 0 heterocycles. The molecule has 0 aromatic carbocycles. The van der Waals surface area contributed by atoms with Crippen LogP contribution in [0.1, 0.15) is 12.8 Å². The van der Waals surface area contributed by atoms with Gasteiger partial charge < -0.3 is 31.1 Å². The van der Waals surface area contributed by atoms with E-state index < -0.39 is 23.9 Å². The smallest absolute Gasteiger partial charge is 0.326 e. The number of primary amides is 1. The van der Waals surface area contributed by atoms with E-state index in [2.05, 4.69) is 10.6 Å². The molecule has 9 nitrogen and oxygen atoms in total. The van der Waals surface area contributed by atoms with Gasteiger partial charge in [0.2, 0.25) is 5.91 Å². The van der Waals surface area contributed by atoms with Gasteiger partial charge in [-0.2, -0.15) is 0 Å². The Bertz CT molecular complexity index is 349. The summed E-state index contributed by atoms with van der Waals surface area (Å²) in [5, 5.41) is 13.6. The normalized spacial score (nSPS) is 12.0. The third-order valence-corrected chi connectivity index (χ3v) is 2.50. The molecule has 0 aliphatic rings. The van der Waals surface area contributed by atoms with Gasteiger partial charge in [0, 0.05) is 19.5 Å². The van der Waals surface area contributed by atoms with Crippen molar-refractivity contribution in [2.45, 2.75) is 18.9 Å². The summed E-state index contributed by atoms with van der Waals surface area (Å²) >= 11 is 0. The number of carbonyl (C=O) groups is 3.